The van der Waals surface area contributed by atoms with Crippen LogP contribution in [0.25, 0.3) is 5.69 Å². The van der Waals surface area contributed by atoms with Crippen molar-refractivity contribution in [1.82, 2.24) is 20.2 Å². The molecule has 0 aliphatic carbocycles. The maximum atomic E-state index is 13.4. The van der Waals surface area contributed by atoms with E-state index in [4.69, 9.17) is 22.0 Å². The molecule has 4 heterocycles. The molecule has 2 amide bonds. The van der Waals surface area contributed by atoms with Crippen LogP contribution >= 0.6 is 34.9 Å². The smallest absolute Gasteiger partial charge is 0.350 e. The van der Waals surface area contributed by atoms with E-state index in [-0.39, 0.29) is 33.8 Å². The first-order valence-electron chi connectivity index (χ1n) is 14.2. The van der Waals surface area contributed by atoms with E-state index in [0.717, 1.165) is 33.1 Å². The average Bonchev–Trinajstić information content (AvgIpc) is 3.44. The van der Waals surface area contributed by atoms with Crippen molar-refractivity contribution >= 4 is 81.1 Å². The van der Waals surface area contributed by atoms with Gasteiger partial charge in [0.15, 0.2) is 10.8 Å². The zero-order valence-electron chi connectivity index (χ0n) is 26.0. The van der Waals surface area contributed by atoms with Crippen LogP contribution in [0.4, 0.5) is 16.8 Å². The number of carbonyl (C=O) groups is 4. The third-order valence-corrected chi connectivity index (χ3v) is 10.4. The molecular weight excluding hydrogens is 683 g/mol. The van der Waals surface area contributed by atoms with Crippen LogP contribution in [-0.4, -0.2) is 78.0 Å². The van der Waals surface area contributed by atoms with Gasteiger partial charge in [0.2, 0.25) is 17.2 Å². The van der Waals surface area contributed by atoms with Crippen molar-refractivity contribution in [2.24, 2.45) is 5.16 Å². The summed E-state index contributed by atoms with van der Waals surface area (Å²) in [5, 5.41) is 29.2. The number of carboxylic acid groups (broad SMARTS) is 2. The number of benzene rings is 1. The summed E-state index contributed by atoms with van der Waals surface area (Å²) in [6.45, 7) is 6.38. The number of amides is 2. The number of carboxylic acids is 2. The molecule has 0 radical (unpaired) electrons. The fourth-order valence-corrected chi connectivity index (χ4v) is 7.93. The summed E-state index contributed by atoms with van der Waals surface area (Å²) in [6, 6.07) is 6.23. The van der Waals surface area contributed by atoms with Crippen LogP contribution in [0.3, 0.4) is 0 Å². The summed E-state index contributed by atoms with van der Waals surface area (Å²) in [7, 11) is 0. The lowest BCUT2D eigenvalue weighted by Gasteiger charge is -2.50. The Labute approximate surface area is 286 Å². The molecule has 0 bridgehead atoms. The van der Waals surface area contributed by atoms with Crippen molar-refractivity contribution < 1.29 is 38.8 Å². The van der Waals surface area contributed by atoms with Gasteiger partial charge in [0.1, 0.15) is 22.8 Å². The quantitative estimate of drug-likeness (QED) is 0.0437. The van der Waals surface area contributed by atoms with Crippen LogP contribution in [0.1, 0.15) is 30.7 Å². The fourth-order valence-electron chi connectivity index (χ4n) is 4.86. The lowest BCUT2D eigenvalue weighted by atomic mass is 10.0. The van der Waals surface area contributed by atoms with Gasteiger partial charge in [-0.2, -0.15) is 4.57 Å². The van der Waals surface area contributed by atoms with E-state index in [1.54, 1.807) is 4.57 Å². The molecule has 2 atom stereocenters. The number of β-lactam (4-membered cyclic amide) rings is 1. The molecule has 2 aliphatic rings. The van der Waals surface area contributed by atoms with E-state index in [1.165, 1.54) is 48.8 Å². The number of hydrogen-bond acceptors (Lipinski definition) is 15. The molecule has 2 aliphatic heterocycles. The van der Waals surface area contributed by atoms with E-state index in [9.17, 15) is 29.4 Å². The molecule has 48 heavy (non-hydrogen) atoms. The molecule has 2 aromatic heterocycles. The number of nitrogen functional groups attached to an aromatic ring is 3. The van der Waals surface area contributed by atoms with E-state index in [2.05, 4.69) is 20.4 Å². The van der Waals surface area contributed by atoms with E-state index >= 15 is 0 Å². The number of thiazole rings is 1. The predicted octanol–water partition coefficient (Wildman–Crippen LogP) is -0.0417. The van der Waals surface area contributed by atoms with Gasteiger partial charge in [-0.15, -0.1) is 23.1 Å². The Balaban J connectivity index is 1.37. The van der Waals surface area contributed by atoms with Crippen LogP contribution in [-0.2, 0) is 24.0 Å². The molecule has 8 N–H and O–H groups in total. The third kappa shape index (κ3) is 6.74. The number of aryl methyl sites for hydroxylation is 2. The van der Waals surface area contributed by atoms with Gasteiger partial charge < -0.3 is 42.4 Å². The number of nitrogens with two attached hydrogens (primary N) is 3. The number of anilines is 3. The van der Waals surface area contributed by atoms with Gasteiger partial charge in [-0.05, 0) is 56.7 Å². The lowest BCUT2D eigenvalue weighted by molar-refractivity contribution is -0.626. The summed E-state index contributed by atoms with van der Waals surface area (Å²) < 4.78 is 1.73. The molecule has 1 unspecified atom stereocenters. The van der Waals surface area contributed by atoms with Crippen molar-refractivity contribution in [2.45, 2.75) is 49.9 Å². The summed E-state index contributed by atoms with van der Waals surface area (Å²) in [6.07, 6.45) is 0. The van der Waals surface area contributed by atoms with E-state index in [1.807, 2.05) is 32.0 Å². The van der Waals surface area contributed by atoms with Crippen molar-refractivity contribution in [3.8, 4) is 5.69 Å². The number of aromatic nitrogens is 3. The molecule has 3 aromatic rings. The van der Waals surface area contributed by atoms with Crippen molar-refractivity contribution in [2.75, 3.05) is 28.7 Å². The lowest BCUT2D eigenvalue weighted by Crippen LogP contribution is -2.71. The van der Waals surface area contributed by atoms with Gasteiger partial charge in [-0.1, -0.05) is 27.8 Å². The van der Waals surface area contributed by atoms with Crippen LogP contribution in [0, 0.1) is 13.8 Å². The molecule has 19 heteroatoms. The van der Waals surface area contributed by atoms with Crippen LogP contribution in [0.5, 0.6) is 0 Å². The number of rotatable bonds is 11. The molecular formula is C29H31N9O7S3. The fraction of sp³-hybridized carbons (Fsp3) is 0.310. The Morgan fingerprint density at radius 1 is 1.23 bits per heavy atom. The Morgan fingerprint density at radius 2 is 1.96 bits per heavy atom. The second-order valence-electron chi connectivity index (χ2n) is 11.3. The first-order chi connectivity index (χ1) is 22.6. The van der Waals surface area contributed by atoms with Crippen molar-refractivity contribution in [3.63, 3.8) is 0 Å². The zero-order valence-corrected chi connectivity index (χ0v) is 28.5. The summed E-state index contributed by atoms with van der Waals surface area (Å²) in [5.41, 5.74) is 18.7. The van der Waals surface area contributed by atoms with Gasteiger partial charge >= 0.3 is 11.1 Å². The summed E-state index contributed by atoms with van der Waals surface area (Å²) in [4.78, 5) is 65.3. The molecule has 0 saturated carbocycles. The number of aliphatic carboxylic acids is 2. The topological polar surface area (TPSA) is 256 Å². The predicted molar refractivity (Wildman–Crippen MR) is 178 cm³/mol. The number of oxime groups is 1. The minimum Gasteiger partial charge on any atom is -0.543 e. The SMILES string of the molecule is Cc1ccc(-[n+]2c(N)cc(N)nc2SCC2=C(C(=O)[O-])N3C(=O)C(NC(=O)/C(=N\OC(C)(C)C(=O)O)c4csc(N)n4)[C@H]3SC2)c(C)c1. The number of carbonyl (C=O) groups excluding carboxylic acids is 3. The average molecular weight is 714 g/mol. The largest absolute Gasteiger partial charge is 0.543 e. The molecule has 1 saturated heterocycles. The highest BCUT2D eigenvalue weighted by atomic mass is 32.2. The standard InChI is InChI=1S/C29H31N9O7S3/c1-12-5-6-16(13(2)7-12)37-18(31)8-17(30)34-28(37)48-10-14-9-46-24-20(23(40)38(24)21(14)25(41)42)35-22(39)19(15-11-47-27(32)33-15)36-45-29(3,4)26(43)44/h5-8,11,20,24H,9-10H2,1-4H3,(H8,30,31,32,33,35,39,41,42,43,44)/b36-19-/t20?,24-/m1/s1. The van der Waals surface area contributed by atoms with Gasteiger partial charge in [-0.25, -0.2) is 9.78 Å². The second-order valence-corrected chi connectivity index (χ2v) is 14.3. The number of thioether (sulfide) groups is 2. The van der Waals surface area contributed by atoms with Crippen molar-refractivity contribution in [1.29, 1.82) is 0 Å². The number of nitrogens with one attached hydrogen (secondary N) is 1. The van der Waals surface area contributed by atoms with Gasteiger partial charge in [0.05, 0.1) is 17.7 Å². The first kappa shape index (κ1) is 34.5. The zero-order chi connectivity index (χ0) is 35.1. The summed E-state index contributed by atoms with van der Waals surface area (Å²) >= 11 is 3.45. The highest BCUT2D eigenvalue weighted by molar-refractivity contribution is 8.01. The van der Waals surface area contributed by atoms with Crippen LogP contribution in [0.2, 0.25) is 0 Å². The van der Waals surface area contributed by atoms with E-state index < -0.39 is 46.5 Å². The normalized spacial score (nSPS) is 17.9. The van der Waals surface area contributed by atoms with Gasteiger partial charge in [-0.3, -0.25) is 14.5 Å². The molecule has 5 rings (SSSR count). The minimum absolute atomic E-state index is 0.000360. The monoisotopic (exact) mass is 713 g/mol. The Morgan fingerprint density at radius 3 is 2.58 bits per heavy atom. The van der Waals surface area contributed by atoms with Crippen molar-refractivity contribution in [3.05, 3.63) is 57.7 Å². The molecule has 1 aromatic carbocycles. The molecule has 0 spiro atoms. The van der Waals surface area contributed by atoms with Crippen LogP contribution < -0.4 is 32.2 Å². The maximum absolute atomic E-state index is 13.4. The van der Waals surface area contributed by atoms with Gasteiger partial charge in [0.25, 0.3) is 11.8 Å². The first-order valence-corrected chi connectivity index (χ1v) is 17.1. The number of nitrogens with zero attached hydrogens (tertiary/aromatic N) is 5. The Bertz CT molecular complexity index is 1910. The number of fused-ring (bicyclic) bond motifs is 1. The Hall–Kier alpha value is -4.88. The molecule has 16 nitrogen and oxygen atoms in total. The Kier molecular flexibility index (Phi) is 9.56. The van der Waals surface area contributed by atoms with Gasteiger partial charge in [0, 0.05) is 16.9 Å². The maximum Gasteiger partial charge on any atom is 0.350 e. The highest BCUT2D eigenvalue weighted by Gasteiger charge is 2.53. The molecule has 1 fully saturated rings. The third-order valence-electron chi connectivity index (χ3n) is 7.33. The summed E-state index contributed by atoms with van der Waals surface area (Å²) in [5.74, 6) is -3.66. The van der Waals surface area contributed by atoms with E-state index in [0.29, 0.717) is 16.5 Å². The second kappa shape index (κ2) is 13.3. The molecule has 252 valence electrons. The minimum atomic E-state index is -1.79. The van der Waals surface area contributed by atoms with Crippen LogP contribution in [0.15, 0.2) is 51.2 Å². The number of hydrogen-bond donors (Lipinski definition) is 5. The highest BCUT2D eigenvalue weighted by Crippen LogP contribution is 2.41.